The van der Waals surface area contributed by atoms with Crippen LogP contribution in [0.15, 0.2) is 12.3 Å². The van der Waals surface area contributed by atoms with Crippen LogP contribution in [0, 0.1) is 0 Å². The van der Waals surface area contributed by atoms with Crippen LogP contribution in [0.1, 0.15) is 36.9 Å². The molecule has 116 valence electrons. The van der Waals surface area contributed by atoms with Crippen molar-refractivity contribution in [3.63, 3.8) is 0 Å². The van der Waals surface area contributed by atoms with Gasteiger partial charge in [0.15, 0.2) is 0 Å². The van der Waals surface area contributed by atoms with Crippen LogP contribution in [0.2, 0.25) is 0 Å². The number of rotatable bonds is 6. The zero-order chi connectivity index (χ0) is 14.7. The van der Waals surface area contributed by atoms with Crippen molar-refractivity contribution < 1.29 is 4.74 Å². The highest BCUT2D eigenvalue weighted by Crippen LogP contribution is 2.31. The summed E-state index contributed by atoms with van der Waals surface area (Å²) in [6.45, 7) is 4.44. The fourth-order valence-corrected chi connectivity index (χ4v) is 3.05. The summed E-state index contributed by atoms with van der Waals surface area (Å²) in [5.41, 5.74) is 2.58. The van der Waals surface area contributed by atoms with Crippen molar-refractivity contribution in [2.24, 2.45) is 0 Å². The Hall–Kier alpha value is -1.13. The van der Waals surface area contributed by atoms with Gasteiger partial charge in [-0.15, -0.1) is 0 Å². The van der Waals surface area contributed by atoms with E-state index < -0.39 is 0 Å². The van der Waals surface area contributed by atoms with E-state index in [1.165, 1.54) is 36.9 Å². The van der Waals surface area contributed by atoms with Crippen molar-refractivity contribution in [2.75, 3.05) is 33.7 Å². The van der Waals surface area contributed by atoms with Crippen LogP contribution in [-0.2, 0) is 13.0 Å². The second-order valence-electron chi connectivity index (χ2n) is 6.59. The van der Waals surface area contributed by atoms with Gasteiger partial charge in [0.2, 0.25) is 0 Å². The Morgan fingerprint density at radius 2 is 2.24 bits per heavy atom. The molecule has 1 aliphatic heterocycles. The van der Waals surface area contributed by atoms with E-state index in [0.29, 0.717) is 6.10 Å². The van der Waals surface area contributed by atoms with Crippen molar-refractivity contribution in [2.45, 2.75) is 44.8 Å². The van der Waals surface area contributed by atoms with Crippen LogP contribution >= 0.6 is 0 Å². The predicted molar refractivity (Wildman–Crippen MR) is 84.7 cm³/mol. The molecule has 0 saturated heterocycles. The maximum Gasteiger partial charge on any atom is 0.127 e. The number of pyridine rings is 1. The van der Waals surface area contributed by atoms with E-state index in [0.717, 1.165) is 38.3 Å². The molecular weight excluding hydrogens is 262 g/mol. The van der Waals surface area contributed by atoms with E-state index in [1.54, 1.807) is 0 Å². The first kappa shape index (κ1) is 14.8. The summed E-state index contributed by atoms with van der Waals surface area (Å²) in [5.74, 6) is 1.09. The first-order valence-electron chi connectivity index (χ1n) is 8.23. The third-order valence-corrected chi connectivity index (χ3v) is 4.57. The van der Waals surface area contributed by atoms with Crippen molar-refractivity contribution in [1.82, 2.24) is 14.8 Å². The molecule has 0 aromatic carbocycles. The number of hydrogen-bond acceptors (Lipinski definition) is 4. The lowest BCUT2D eigenvalue weighted by atomic mass is 9.96. The van der Waals surface area contributed by atoms with E-state index >= 15 is 0 Å². The fraction of sp³-hybridized carbons (Fsp3) is 0.706. The summed E-state index contributed by atoms with van der Waals surface area (Å²) in [6.07, 6.45) is 8.37. The monoisotopic (exact) mass is 289 g/mol. The van der Waals surface area contributed by atoms with Crippen molar-refractivity contribution in [3.8, 4) is 5.75 Å². The maximum absolute atomic E-state index is 6.16. The molecule has 21 heavy (non-hydrogen) atoms. The largest absolute Gasteiger partial charge is 0.490 e. The maximum atomic E-state index is 6.16. The molecule has 0 radical (unpaired) electrons. The Bertz CT molecular complexity index is 471. The number of ether oxygens (including phenoxy) is 1. The minimum absolute atomic E-state index is 0.445. The molecule has 3 rings (SSSR count). The van der Waals surface area contributed by atoms with Gasteiger partial charge in [0.25, 0.3) is 0 Å². The molecule has 2 heterocycles. The van der Waals surface area contributed by atoms with Crippen LogP contribution < -0.4 is 4.74 Å². The average molecular weight is 289 g/mol. The quantitative estimate of drug-likeness (QED) is 0.803. The summed E-state index contributed by atoms with van der Waals surface area (Å²) >= 11 is 0. The molecule has 1 aromatic heterocycles. The zero-order valence-corrected chi connectivity index (χ0v) is 13.3. The SMILES string of the molecule is CN(C)CCCN1CCc2nccc(OC3CCC3)c2C1. The summed E-state index contributed by atoms with van der Waals surface area (Å²) in [7, 11) is 4.28. The number of fused-ring (bicyclic) bond motifs is 1. The minimum Gasteiger partial charge on any atom is -0.490 e. The van der Waals surface area contributed by atoms with Crippen molar-refractivity contribution in [3.05, 3.63) is 23.5 Å². The van der Waals surface area contributed by atoms with Gasteiger partial charge >= 0.3 is 0 Å². The Balaban J connectivity index is 1.62. The van der Waals surface area contributed by atoms with Gasteiger partial charge in [-0.25, -0.2) is 0 Å². The highest BCUT2D eigenvalue weighted by molar-refractivity contribution is 5.37. The summed E-state index contributed by atoms with van der Waals surface area (Å²) in [4.78, 5) is 9.36. The van der Waals surface area contributed by atoms with Gasteiger partial charge in [0, 0.05) is 37.0 Å². The van der Waals surface area contributed by atoms with Gasteiger partial charge in [-0.1, -0.05) is 0 Å². The van der Waals surface area contributed by atoms with Crippen LogP contribution in [0.3, 0.4) is 0 Å². The third-order valence-electron chi connectivity index (χ3n) is 4.57. The molecule has 0 atom stereocenters. The average Bonchev–Trinajstić information content (AvgIpc) is 2.42. The van der Waals surface area contributed by atoms with E-state index in [4.69, 9.17) is 4.74 Å². The second kappa shape index (κ2) is 6.75. The number of nitrogens with zero attached hydrogens (tertiary/aromatic N) is 3. The third kappa shape index (κ3) is 3.74. The zero-order valence-electron chi connectivity index (χ0n) is 13.3. The lowest BCUT2D eigenvalue weighted by molar-refractivity contribution is 0.116. The molecule has 1 aliphatic carbocycles. The Labute approximate surface area is 128 Å². The molecule has 2 aliphatic rings. The molecule has 1 fully saturated rings. The summed E-state index contributed by atoms with van der Waals surface area (Å²) in [6, 6.07) is 2.06. The topological polar surface area (TPSA) is 28.6 Å². The normalized spacial score (nSPS) is 19.4. The van der Waals surface area contributed by atoms with Gasteiger partial charge in [-0.05, 0) is 58.9 Å². The van der Waals surface area contributed by atoms with Gasteiger partial charge in [0.05, 0.1) is 6.10 Å². The molecular formula is C17H27N3O. The lowest BCUT2D eigenvalue weighted by Gasteiger charge is -2.32. The Morgan fingerprint density at radius 1 is 1.38 bits per heavy atom. The molecule has 0 amide bonds. The molecule has 4 nitrogen and oxygen atoms in total. The van der Waals surface area contributed by atoms with E-state index in [-0.39, 0.29) is 0 Å². The standard InChI is InChI=1S/C17H27N3O/c1-19(2)10-4-11-20-12-8-16-15(13-20)17(7-9-18-16)21-14-5-3-6-14/h7,9,14H,3-6,8,10-13H2,1-2H3. The van der Waals surface area contributed by atoms with E-state index in [1.807, 2.05) is 6.20 Å². The summed E-state index contributed by atoms with van der Waals surface area (Å²) in [5, 5.41) is 0. The lowest BCUT2D eigenvalue weighted by Crippen LogP contribution is -2.34. The number of aromatic nitrogens is 1. The van der Waals surface area contributed by atoms with E-state index in [9.17, 15) is 0 Å². The van der Waals surface area contributed by atoms with E-state index in [2.05, 4.69) is 34.9 Å². The summed E-state index contributed by atoms with van der Waals surface area (Å²) < 4.78 is 6.16. The Morgan fingerprint density at radius 3 is 2.95 bits per heavy atom. The van der Waals surface area contributed by atoms with Gasteiger partial charge in [0.1, 0.15) is 5.75 Å². The van der Waals surface area contributed by atoms with Crippen LogP contribution in [0.25, 0.3) is 0 Å². The van der Waals surface area contributed by atoms with Gasteiger partial charge in [-0.3, -0.25) is 9.88 Å². The molecule has 0 spiro atoms. The second-order valence-corrected chi connectivity index (χ2v) is 6.59. The van der Waals surface area contributed by atoms with Crippen LogP contribution in [0.4, 0.5) is 0 Å². The molecule has 0 N–H and O–H groups in total. The Kier molecular flexibility index (Phi) is 4.76. The van der Waals surface area contributed by atoms with Crippen molar-refractivity contribution in [1.29, 1.82) is 0 Å². The van der Waals surface area contributed by atoms with Crippen LogP contribution in [-0.4, -0.2) is 54.6 Å². The fourth-order valence-electron chi connectivity index (χ4n) is 3.05. The minimum atomic E-state index is 0.445. The highest BCUT2D eigenvalue weighted by atomic mass is 16.5. The number of hydrogen-bond donors (Lipinski definition) is 0. The molecule has 0 unspecified atom stereocenters. The first-order chi connectivity index (χ1) is 10.2. The first-order valence-corrected chi connectivity index (χ1v) is 8.23. The van der Waals surface area contributed by atoms with Gasteiger partial charge < -0.3 is 9.64 Å². The molecule has 1 aromatic rings. The van der Waals surface area contributed by atoms with Crippen molar-refractivity contribution >= 4 is 0 Å². The molecule has 0 bridgehead atoms. The van der Waals surface area contributed by atoms with Gasteiger partial charge in [-0.2, -0.15) is 0 Å². The molecule has 4 heteroatoms. The smallest absolute Gasteiger partial charge is 0.127 e. The molecule has 1 saturated carbocycles. The van der Waals surface area contributed by atoms with Crippen LogP contribution in [0.5, 0.6) is 5.75 Å². The highest BCUT2D eigenvalue weighted by Gasteiger charge is 2.24. The predicted octanol–water partition coefficient (Wildman–Crippen LogP) is 2.32.